The molecule has 0 saturated carbocycles. The van der Waals surface area contributed by atoms with Gasteiger partial charge >= 0.3 is 0 Å². The first-order chi connectivity index (χ1) is 10.1. The van der Waals surface area contributed by atoms with Crippen molar-refractivity contribution in [3.63, 3.8) is 0 Å². The van der Waals surface area contributed by atoms with E-state index in [0.29, 0.717) is 5.88 Å². The largest absolute Gasteiger partial charge is 0.496 e. The van der Waals surface area contributed by atoms with E-state index in [4.69, 9.17) is 15.3 Å². The molecule has 3 N–H and O–H groups in total. The molecule has 5 nitrogen and oxygen atoms in total. The van der Waals surface area contributed by atoms with Crippen LogP contribution in [-0.4, -0.2) is 19.2 Å². The lowest BCUT2D eigenvalue weighted by atomic mass is 9.94. The smallest absolute Gasteiger partial charge is 0.218 e. The molecule has 1 atom stereocenters. The van der Waals surface area contributed by atoms with Crippen LogP contribution in [0.1, 0.15) is 28.3 Å². The Labute approximate surface area is 125 Å². The Morgan fingerprint density at radius 2 is 1.86 bits per heavy atom. The van der Waals surface area contributed by atoms with Crippen LogP contribution in [0.3, 0.4) is 0 Å². The summed E-state index contributed by atoms with van der Waals surface area (Å²) in [7, 11) is 3.27. The first kappa shape index (κ1) is 15.3. The van der Waals surface area contributed by atoms with E-state index >= 15 is 0 Å². The number of nitrogens with two attached hydrogens (primary N) is 1. The molecule has 1 aromatic carbocycles. The number of benzene rings is 1. The van der Waals surface area contributed by atoms with Gasteiger partial charge in [0.15, 0.2) is 0 Å². The third-order valence-electron chi connectivity index (χ3n) is 3.57. The van der Waals surface area contributed by atoms with E-state index in [0.717, 1.165) is 28.0 Å². The SMILES string of the molecule is COc1cc(C)c(C(NN)c2cccnc2OC)cc1C. The molecule has 1 aromatic heterocycles. The van der Waals surface area contributed by atoms with E-state index in [1.54, 1.807) is 20.4 Å². The molecule has 0 amide bonds. The van der Waals surface area contributed by atoms with Crippen LogP contribution in [0, 0.1) is 13.8 Å². The number of nitrogens with zero attached hydrogens (tertiary/aromatic N) is 1. The summed E-state index contributed by atoms with van der Waals surface area (Å²) in [6.45, 7) is 4.04. The number of ether oxygens (including phenoxy) is 2. The van der Waals surface area contributed by atoms with E-state index in [-0.39, 0.29) is 6.04 Å². The van der Waals surface area contributed by atoms with Crippen LogP contribution < -0.4 is 20.7 Å². The van der Waals surface area contributed by atoms with Crippen molar-refractivity contribution in [1.82, 2.24) is 10.4 Å². The minimum atomic E-state index is -0.196. The number of aromatic nitrogens is 1. The normalized spacial score (nSPS) is 12.0. The van der Waals surface area contributed by atoms with E-state index in [2.05, 4.69) is 16.5 Å². The first-order valence-electron chi connectivity index (χ1n) is 6.72. The summed E-state index contributed by atoms with van der Waals surface area (Å²) in [5.41, 5.74) is 6.97. The third-order valence-corrected chi connectivity index (χ3v) is 3.57. The van der Waals surface area contributed by atoms with Crippen molar-refractivity contribution in [3.05, 3.63) is 52.7 Å². The zero-order chi connectivity index (χ0) is 15.4. The van der Waals surface area contributed by atoms with Gasteiger partial charge in [-0.3, -0.25) is 5.84 Å². The van der Waals surface area contributed by atoms with E-state index in [9.17, 15) is 0 Å². The van der Waals surface area contributed by atoms with Gasteiger partial charge in [0.2, 0.25) is 5.88 Å². The summed E-state index contributed by atoms with van der Waals surface area (Å²) in [5, 5.41) is 0. The van der Waals surface area contributed by atoms with Gasteiger partial charge in [-0.1, -0.05) is 12.1 Å². The molecule has 0 saturated heterocycles. The molecule has 1 unspecified atom stereocenters. The number of hydrogen-bond acceptors (Lipinski definition) is 5. The van der Waals surface area contributed by atoms with Crippen molar-refractivity contribution < 1.29 is 9.47 Å². The molecule has 0 aliphatic heterocycles. The molecule has 0 fully saturated rings. The fourth-order valence-electron chi connectivity index (χ4n) is 2.48. The van der Waals surface area contributed by atoms with Crippen LogP contribution in [0.15, 0.2) is 30.5 Å². The molecule has 2 aromatic rings. The van der Waals surface area contributed by atoms with Gasteiger partial charge in [-0.2, -0.15) is 0 Å². The van der Waals surface area contributed by atoms with Gasteiger partial charge in [-0.25, -0.2) is 10.4 Å². The molecule has 0 spiro atoms. The summed E-state index contributed by atoms with van der Waals surface area (Å²) in [5.74, 6) is 7.21. The number of aryl methyl sites for hydroxylation is 2. The van der Waals surface area contributed by atoms with E-state index in [1.165, 1.54) is 0 Å². The fourth-order valence-corrected chi connectivity index (χ4v) is 2.48. The molecular weight excluding hydrogens is 266 g/mol. The summed E-state index contributed by atoms with van der Waals surface area (Å²) in [6.07, 6.45) is 1.70. The highest BCUT2D eigenvalue weighted by molar-refractivity contribution is 5.47. The van der Waals surface area contributed by atoms with Gasteiger partial charge in [0, 0.05) is 11.8 Å². The third kappa shape index (κ3) is 2.99. The first-order valence-corrected chi connectivity index (χ1v) is 6.72. The van der Waals surface area contributed by atoms with E-state index < -0.39 is 0 Å². The molecule has 2 rings (SSSR count). The monoisotopic (exact) mass is 287 g/mol. The van der Waals surface area contributed by atoms with Gasteiger partial charge in [-0.05, 0) is 42.7 Å². The van der Waals surface area contributed by atoms with Crippen molar-refractivity contribution in [2.75, 3.05) is 14.2 Å². The predicted octanol–water partition coefficient (Wildman–Crippen LogP) is 2.27. The highest BCUT2D eigenvalue weighted by Gasteiger charge is 2.20. The summed E-state index contributed by atoms with van der Waals surface area (Å²) < 4.78 is 10.7. The summed E-state index contributed by atoms with van der Waals surface area (Å²) in [6, 6.07) is 7.71. The van der Waals surface area contributed by atoms with Gasteiger partial charge < -0.3 is 9.47 Å². The average Bonchev–Trinajstić information content (AvgIpc) is 2.51. The standard InChI is InChI=1S/C16H21N3O2/c1-10-9-14(20-3)11(2)8-13(10)15(19-17)12-6-5-7-18-16(12)21-4/h5-9,15,19H,17H2,1-4H3. The highest BCUT2D eigenvalue weighted by Crippen LogP contribution is 2.32. The van der Waals surface area contributed by atoms with Crippen molar-refractivity contribution in [3.8, 4) is 11.6 Å². The van der Waals surface area contributed by atoms with Gasteiger partial charge in [0.05, 0.1) is 20.3 Å². The number of nitrogens with one attached hydrogen (secondary N) is 1. The average molecular weight is 287 g/mol. The molecule has 0 bridgehead atoms. The van der Waals surface area contributed by atoms with Crippen LogP contribution in [0.25, 0.3) is 0 Å². The van der Waals surface area contributed by atoms with Gasteiger partial charge in [0.25, 0.3) is 0 Å². The lowest BCUT2D eigenvalue weighted by Crippen LogP contribution is -2.30. The highest BCUT2D eigenvalue weighted by atomic mass is 16.5. The maximum atomic E-state index is 5.79. The van der Waals surface area contributed by atoms with Crippen LogP contribution >= 0.6 is 0 Å². The Kier molecular flexibility index (Phi) is 4.77. The Morgan fingerprint density at radius 1 is 1.10 bits per heavy atom. The molecule has 1 heterocycles. The predicted molar refractivity (Wildman–Crippen MR) is 82.4 cm³/mol. The van der Waals surface area contributed by atoms with Crippen LogP contribution in [0.2, 0.25) is 0 Å². The molecule has 5 heteroatoms. The maximum Gasteiger partial charge on any atom is 0.218 e. The number of hydrazine groups is 1. The van der Waals surface area contributed by atoms with Gasteiger partial charge in [-0.15, -0.1) is 0 Å². The molecule has 112 valence electrons. The Bertz CT molecular complexity index is 629. The van der Waals surface area contributed by atoms with Crippen molar-refractivity contribution in [2.24, 2.45) is 5.84 Å². The number of rotatable bonds is 5. The Balaban J connectivity index is 2.54. The maximum absolute atomic E-state index is 5.79. The van der Waals surface area contributed by atoms with Crippen molar-refractivity contribution in [1.29, 1.82) is 0 Å². The fraction of sp³-hybridized carbons (Fsp3) is 0.312. The van der Waals surface area contributed by atoms with Crippen LogP contribution in [0.4, 0.5) is 0 Å². The molecular formula is C16H21N3O2. The molecule has 0 aliphatic rings. The summed E-state index contributed by atoms with van der Waals surface area (Å²) >= 11 is 0. The zero-order valence-electron chi connectivity index (χ0n) is 12.8. The lowest BCUT2D eigenvalue weighted by molar-refractivity contribution is 0.387. The minimum absolute atomic E-state index is 0.196. The van der Waals surface area contributed by atoms with Crippen LogP contribution in [-0.2, 0) is 0 Å². The molecule has 0 aliphatic carbocycles. The topological polar surface area (TPSA) is 69.4 Å². The lowest BCUT2D eigenvalue weighted by Gasteiger charge is -2.22. The quantitative estimate of drug-likeness (QED) is 0.652. The second-order valence-corrected chi connectivity index (χ2v) is 4.88. The minimum Gasteiger partial charge on any atom is -0.496 e. The number of methoxy groups -OCH3 is 2. The number of pyridine rings is 1. The molecule has 0 radical (unpaired) electrons. The Morgan fingerprint density at radius 3 is 2.48 bits per heavy atom. The second-order valence-electron chi connectivity index (χ2n) is 4.88. The summed E-state index contributed by atoms with van der Waals surface area (Å²) in [4.78, 5) is 4.23. The van der Waals surface area contributed by atoms with Crippen molar-refractivity contribution >= 4 is 0 Å². The zero-order valence-corrected chi connectivity index (χ0v) is 12.8. The second kappa shape index (κ2) is 6.56. The van der Waals surface area contributed by atoms with Crippen molar-refractivity contribution in [2.45, 2.75) is 19.9 Å². The molecule has 21 heavy (non-hydrogen) atoms. The Hall–Kier alpha value is -2.11. The van der Waals surface area contributed by atoms with Gasteiger partial charge in [0.1, 0.15) is 5.75 Å². The number of hydrogen-bond donors (Lipinski definition) is 2. The van der Waals surface area contributed by atoms with Crippen LogP contribution in [0.5, 0.6) is 11.6 Å². The van der Waals surface area contributed by atoms with E-state index in [1.807, 2.05) is 32.0 Å².